The lowest BCUT2D eigenvalue weighted by Crippen LogP contribution is -2.44. The van der Waals surface area contributed by atoms with E-state index in [9.17, 15) is 14.4 Å². The molecule has 3 aliphatic heterocycles. The zero-order chi connectivity index (χ0) is 31.2. The molecule has 2 aromatic carbocycles. The summed E-state index contributed by atoms with van der Waals surface area (Å²) in [5.74, 6) is -0.145. The van der Waals surface area contributed by atoms with Crippen LogP contribution >= 0.6 is 11.8 Å². The van der Waals surface area contributed by atoms with Crippen LogP contribution in [0.15, 0.2) is 70.2 Å². The number of fused-ring (bicyclic) bond motifs is 1. The maximum absolute atomic E-state index is 13.8. The third-order valence-corrected chi connectivity index (χ3v) is 8.69. The van der Waals surface area contributed by atoms with Crippen molar-refractivity contribution in [1.29, 1.82) is 0 Å². The van der Waals surface area contributed by atoms with Gasteiger partial charge in [-0.25, -0.2) is 9.79 Å². The summed E-state index contributed by atoms with van der Waals surface area (Å²) in [6.07, 6.45) is 1.49. The summed E-state index contributed by atoms with van der Waals surface area (Å²) in [4.78, 5) is 48.6. The molecule has 3 aliphatic rings. The maximum atomic E-state index is 13.8. The minimum Gasteiger partial charge on any atom is -0.493 e. The molecule has 0 bridgehead atoms. The molecule has 44 heavy (non-hydrogen) atoms. The molecule has 3 heterocycles. The van der Waals surface area contributed by atoms with E-state index in [2.05, 4.69) is 0 Å². The van der Waals surface area contributed by atoms with Crippen LogP contribution in [0.4, 0.5) is 0 Å². The molecule has 0 aromatic heterocycles. The Kier molecular flexibility index (Phi) is 9.94. The molecule has 1 saturated heterocycles. The van der Waals surface area contributed by atoms with E-state index in [1.54, 1.807) is 39.0 Å². The van der Waals surface area contributed by atoms with Gasteiger partial charge in [-0.2, -0.15) is 0 Å². The van der Waals surface area contributed by atoms with Crippen LogP contribution < -0.4 is 9.47 Å². The Morgan fingerprint density at radius 1 is 0.977 bits per heavy atom. The zero-order valence-electron chi connectivity index (χ0n) is 25.4. The monoisotopic (exact) mass is 619 g/mol. The second-order valence-electron chi connectivity index (χ2n) is 10.5. The molecule has 2 aromatic rings. The van der Waals surface area contributed by atoms with E-state index in [1.165, 1.54) is 11.8 Å². The van der Waals surface area contributed by atoms with Crippen molar-refractivity contribution in [2.75, 3.05) is 40.5 Å². The van der Waals surface area contributed by atoms with E-state index in [0.717, 1.165) is 17.5 Å². The average Bonchev–Trinajstić information content (AvgIpc) is 3.46. The van der Waals surface area contributed by atoms with Gasteiger partial charge in [0.05, 0.1) is 57.1 Å². The number of carbonyl (C=O) groups is 3. The summed E-state index contributed by atoms with van der Waals surface area (Å²) in [5.41, 5.74) is 3.09. The molecule has 2 atom stereocenters. The summed E-state index contributed by atoms with van der Waals surface area (Å²) >= 11 is 1.40. The van der Waals surface area contributed by atoms with Gasteiger partial charge in [-0.1, -0.05) is 48.2 Å². The normalized spacial score (nSPS) is 19.5. The predicted molar refractivity (Wildman–Crippen MR) is 168 cm³/mol. The number of rotatable bonds is 10. The lowest BCUT2D eigenvalue weighted by atomic mass is 9.91. The Hall–Kier alpha value is -4.25. The van der Waals surface area contributed by atoms with Crippen molar-refractivity contribution in [2.24, 2.45) is 10.9 Å². The van der Waals surface area contributed by atoms with E-state index in [1.807, 2.05) is 52.8 Å². The van der Waals surface area contributed by atoms with Crippen LogP contribution in [-0.4, -0.2) is 73.3 Å². The van der Waals surface area contributed by atoms with Gasteiger partial charge in [0.15, 0.2) is 16.7 Å². The molecule has 1 amide bonds. The van der Waals surface area contributed by atoms with Crippen LogP contribution in [0, 0.1) is 5.92 Å². The van der Waals surface area contributed by atoms with Crippen LogP contribution in [0.1, 0.15) is 50.3 Å². The van der Waals surface area contributed by atoms with Crippen LogP contribution in [0.3, 0.4) is 0 Å². The molecule has 0 aliphatic carbocycles. The number of aliphatic imine (C=N–C) groups is 1. The first-order valence-corrected chi connectivity index (χ1v) is 15.6. The fourth-order valence-electron chi connectivity index (χ4n) is 5.75. The van der Waals surface area contributed by atoms with Crippen LogP contribution in [0.5, 0.6) is 11.5 Å². The summed E-state index contributed by atoms with van der Waals surface area (Å²) < 4.78 is 21.9. The van der Waals surface area contributed by atoms with Crippen molar-refractivity contribution in [1.82, 2.24) is 9.80 Å². The summed E-state index contributed by atoms with van der Waals surface area (Å²) in [7, 11) is 3.13. The average molecular weight is 620 g/mol. The van der Waals surface area contributed by atoms with Gasteiger partial charge >= 0.3 is 11.9 Å². The van der Waals surface area contributed by atoms with E-state index in [0.29, 0.717) is 59.8 Å². The first kappa shape index (κ1) is 31.2. The number of nitrogens with zero attached hydrogens (tertiary/aromatic N) is 3. The molecule has 0 N–H and O–H groups in total. The minimum atomic E-state index is -0.667. The first-order valence-electron chi connectivity index (χ1n) is 14.8. The van der Waals surface area contributed by atoms with Crippen molar-refractivity contribution in [2.45, 2.75) is 39.2 Å². The lowest BCUT2D eigenvalue weighted by molar-refractivity contribution is -0.151. The molecule has 232 valence electrons. The highest BCUT2D eigenvalue weighted by Crippen LogP contribution is 2.48. The number of hydrogen-bond acceptors (Lipinski definition) is 10. The molecule has 10 nitrogen and oxygen atoms in total. The number of benzene rings is 2. The van der Waals surface area contributed by atoms with Gasteiger partial charge in [0.2, 0.25) is 5.91 Å². The number of esters is 2. The van der Waals surface area contributed by atoms with Gasteiger partial charge < -0.3 is 28.7 Å². The molecule has 0 radical (unpaired) electrons. The number of thioether (sulfide) groups is 1. The number of likely N-dealkylation sites (tertiary alicyclic amines) is 1. The summed E-state index contributed by atoms with van der Waals surface area (Å²) in [6, 6.07) is 14.4. The van der Waals surface area contributed by atoms with Crippen LogP contribution in [0.2, 0.25) is 0 Å². The second-order valence-corrected chi connectivity index (χ2v) is 11.3. The smallest absolute Gasteiger partial charge is 0.338 e. The molecule has 0 spiro atoms. The third-order valence-electron chi connectivity index (χ3n) is 7.80. The van der Waals surface area contributed by atoms with Gasteiger partial charge in [0.1, 0.15) is 0 Å². The molecular weight excluding hydrogens is 582 g/mol. The Bertz CT molecular complexity index is 1500. The Balaban J connectivity index is 1.55. The van der Waals surface area contributed by atoms with Gasteiger partial charge in [0, 0.05) is 24.4 Å². The van der Waals surface area contributed by atoms with E-state index in [-0.39, 0.29) is 30.8 Å². The largest absolute Gasteiger partial charge is 0.493 e. The molecular formula is C33H37N3O7S. The van der Waals surface area contributed by atoms with E-state index >= 15 is 0 Å². The van der Waals surface area contributed by atoms with Gasteiger partial charge in [-0.3, -0.25) is 9.59 Å². The zero-order valence-corrected chi connectivity index (χ0v) is 26.2. The number of methoxy groups -OCH3 is 2. The highest BCUT2D eigenvalue weighted by Gasteiger charge is 2.43. The molecule has 0 unspecified atom stereocenters. The number of ether oxygens (including phenoxy) is 4. The van der Waals surface area contributed by atoms with Gasteiger partial charge in [-0.05, 0) is 49.8 Å². The van der Waals surface area contributed by atoms with Crippen molar-refractivity contribution >= 4 is 40.5 Å². The standard InChI is InChI=1S/C33H37N3O7S/c1-5-42-31(38)23-13-10-16-35(19-23)27(37)18-24-20-44-33-34-29(21-11-8-7-9-12-21)28(32(39)43-6-2)30(36(24)33)22-14-15-25(40-3)26(17-22)41-4/h7-9,11-12,14-15,17,20,23,30H,5-6,10,13,16,18-19H2,1-4H3/t23-,30+/m0/s1. The number of carbonyl (C=O) groups excluding carboxylic acids is 3. The topological polar surface area (TPSA) is 107 Å². The molecule has 11 heteroatoms. The minimum absolute atomic E-state index is 0.0716. The first-order chi connectivity index (χ1) is 21.4. The van der Waals surface area contributed by atoms with Crippen LogP contribution in [-0.2, 0) is 23.9 Å². The second kappa shape index (κ2) is 14.0. The highest BCUT2D eigenvalue weighted by molar-refractivity contribution is 8.16. The fraction of sp³-hybridized carbons (Fsp3) is 0.394. The van der Waals surface area contributed by atoms with Crippen molar-refractivity contribution in [3.05, 3.63) is 76.3 Å². The maximum Gasteiger partial charge on any atom is 0.338 e. The number of amides is 1. The lowest BCUT2D eigenvalue weighted by Gasteiger charge is -2.38. The van der Waals surface area contributed by atoms with Crippen molar-refractivity contribution < 1.29 is 33.3 Å². The number of amidine groups is 1. The summed E-state index contributed by atoms with van der Waals surface area (Å²) in [5, 5.41) is 2.55. The Morgan fingerprint density at radius 2 is 1.73 bits per heavy atom. The predicted octanol–water partition coefficient (Wildman–Crippen LogP) is 5.17. The number of piperidine rings is 1. The van der Waals surface area contributed by atoms with E-state index < -0.39 is 12.0 Å². The Morgan fingerprint density at radius 3 is 2.43 bits per heavy atom. The molecule has 1 fully saturated rings. The quantitative estimate of drug-likeness (QED) is 0.333. The van der Waals surface area contributed by atoms with Crippen LogP contribution in [0.25, 0.3) is 5.70 Å². The van der Waals surface area contributed by atoms with Crippen molar-refractivity contribution in [3.63, 3.8) is 0 Å². The highest BCUT2D eigenvalue weighted by atomic mass is 32.2. The Labute approximate surface area is 261 Å². The number of hydrogen-bond donors (Lipinski definition) is 0. The molecule has 5 rings (SSSR count). The van der Waals surface area contributed by atoms with Crippen molar-refractivity contribution in [3.8, 4) is 11.5 Å². The van der Waals surface area contributed by atoms with E-state index in [4.69, 9.17) is 23.9 Å². The fourth-order valence-corrected chi connectivity index (χ4v) is 6.67. The SMILES string of the molecule is CCOC(=O)C1=C(c2ccccc2)N=C2SC=C(CC(=O)N3CCC[C@H](C(=O)OCC)C3)N2[C@@H]1c1ccc(OC)c(OC)c1. The van der Waals surface area contributed by atoms with Gasteiger partial charge in [-0.15, -0.1) is 0 Å². The molecule has 0 saturated carbocycles. The van der Waals surface area contributed by atoms with Gasteiger partial charge in [0.25, 0.3) is 0 Å². The third kappa shape index (κ3) is 6.33. The summed E-state index contributed by atoms with van der Waals surface area (Å²) in [6.45, 7) is 4.94.